The molecule has 98 valence electrons. The van der Waals surface area contributed by atoms with Crippen LogP contribution in [0.1, 0.15) is 12.5 Å². The smallest absolute Gasteiger partial charge is 0.231 e. The van der Waals surface area contributed by atoms with Crippen molar-refractivity contribution in [3.05, 3.63) is 23.8 Å². The van der Waals surface area contributed by atoms with E-state index in [1.165, 1.54) is 5.56 Å². The summed E-state index contributed by atoms with van der Waals surface area (Å²) in [6.45, 7) is 5.85. The number of rotatable bonds is 2. The molecule has 2 aliphatic rings. The van der Waals surface area contributed by atoms with Crippen LogP contribution in [0, 0.1) is 0 Å². The number of piperazine rings is 1. The minimum absolute atomic E-state index is 0.173. The van der Waals surface area contributed by atoms with Crippen molar-refractivity contribution in [1.29, 1.82) is 0 Å². The maximum Gasteiger partial charge on any atom is 0.231 e. The third-order valence-electron chi connectivity index (χ3n) is 4.07. The highest BCUT2D eigenvalue weighted by atomic mass is 16.7. The normalized spacial score (nSPS) is 27.4. The topological polar surface area (TPSA) is 33.7 Å². The van der Waals surface area contributed by atoms with Crippen LogP contribution >= 0.6 is 0 Å². The van der Waals surface area contributed by atoms with Crippen LogP contribution in [0.5, 0.6) is 11.5 Å². The Morgan fingerprint density at radius 3 is 3.00 bits per heavy atom. The number of ether oxygens (including phenoxy) is 2. The average molecular weight is 248 g/mol. The molecule has 1 unspecified atom stereocenters. The van der Waals surface area contributed by atoms with Crippen LogP contribution in [-0.4, -0.2) is 43.9 Å². The Morgan fingerprint density at radius 2 is 2.17 bits per heavy atom. The summed E-state index contributed by atoms with van der Waals surface area (Å²) in [5.74, 6) is 1.74. The van der Waals surface area contributed by atoms with E-state index in [1.54, 1.807) is 0 Å². The van der Waals surface area contributed by atoms with Gasteiger partial charge in [-0.15, -0.1) is 0 Å². The van der Waals surface area contributed by atoms with Crippen molar-refractivity contribution >= 4 is 0 Å². The lowest BCUT2D eigenvalue weighted by Crippen LogP contribution is -2.59. The molecule has 1 atom stereocenters. The van der Waals surface area contributed by atoms with Gasteiger partial charge in [-0.3, -0.25) is 4.90 Å². The average Bonchev–Trinajstić information content (AvgIpc) is 2.80. The van der Waals surface area contributed by atoms with Crippen LogP contribution < -0.4 is 14.8 Å². The largest absolute Gasteiger partial charge is 0.454 e. The Labute approximate surface area is 108 Å². The van der Waals surface area contributed by atoms with Gasteiger partial charge in [0.15, 0.2) is 11.5 Å². The van der Waals surface area contributed by atoms with Crippen molar-refractivity contribution in [3.8, 4) is 11.5 Å². The Bertz CT molecular complexity index is 449. The van der Waals surface area contributed by atoms with Crippen LogP contribution in [0.2, 0.25) is 0 Å². The second-order valence-corrected chi connectivity index (χ2v) is 5.46. The molecule has 4 heteroatoms. The summed E-state index contributed by atoms with van der Waals surface area (Å²) < 4.78 is 10.8. The SMILES string of the molecule is CN1CCNCC1(C)Cc1ccc2c(c1)OCO2. The molecule has 0 bridgehead atoms. The molecule has 0 spiro atoms. The van der Waals surface area contributed by atoms with Gasteiger partial charge in [0.25, 0.3) is 0 Å². The van der Waals surface area contributed by atoms with Gasteiger partial charge < -0.3 is 14.8 Å². The highest BCUT2D eigenvalue weighted by Crippen LogP contribution is 2.34. The lowest BCUT2D eigenvalue weighted by Gasteiger charge is -2.43. The van der Waals surface area contributed by atoms with Gasteiger partial charge in [0.1, 0.15) is 0 Å². The van der Waals surface area contributed by atoms with E-state index in [0.29, 0.717) is 6.79 Å². The lowest BCUT2D eigenvalue weighted by molar-refractivity contribution is 0.105. The fraction of sp³-hybridized carbons (Fsp3) is 0.571. The van der Waals surface area contributed by atoms with Crippen molar-refractivity contribution in [3.63, 3.8) is 0 Å². The van der Waals surface area contributed by atoms with Crippen LogP contribution in [0.25, 0.3) is 0 Å². The van der Waals surface area contributed by atoms with Gasteiger partial charge in [-0.25, -0.2) is 0 Å². The van der Waals surface area contributed by atoms with Crippen LogP contribution in [0.4, 0.5) is 0 Å². The summed E-state index contributed by atoms with van der Waals surface area (Å²) in [6.07, 6.45) is 1.02. The molecule has 0 aliphatic carbocycles. The molecule has 0 saturated carbocycles. The quantitative estimate of drug-likeness (QED) is 0.854. The molecule has 1 fully saturated rings. The molecule has 2 aliphatic heterocycles. The van der Waals surface area contributed by atoms with E-state index in [9.17, 15) is 0 Å². The minimum Gasteiger partial charge on any atom is -0.454 e. The summed E-state index contributed by atoms with van der Waals surface area (Å²) in [5.41, 5.74) is 1.48. The first kappa shape index (κ1) is 11.8. The number of fused-ring (bicyclic) bond motifs is 1. The zero-order chi connectivity index (χ0) is 12.6. The molecule has 0 aromatic heterocycles. The number of nitrogens with one attached hydrogen (secondary N) is 1. The molecular weight excluding hydrogens is 228 g/mol. The third-order valence-corrected chi connectivity index (χ3v) is 4.07. The molecule has 1 aromatic carbocycles. The van der Waals surface area contributed by atoms with Crippen molar-refractivity contribution in [1.82, 2.24) is 10.2 Å². The van der Waals surface area contributed by atoms with E-state index in [2.05, 4.69) is 36.3 Å². The van der Waals surface area contributed by atoms with E-state index >= 15 is 0 Å². The predicted molar refractivity (Wildman–Crippen MR) is 70.2 cm³/mol. The van der Waals surface area contributed by atoms with E-state index < -0.39 is 0 Å². The van der Waals surface area contributed by atoms with Crippen LogP contribution in [0.3, 0.4) is 0 Å². The fourth-order valence-electron chi connectivity index (χ4n) is 2.70. The molecule has 3 rings (SSSR count). The first-order chi connectivity index (χ1) is 8.67. The highest BCUT2D eigenvalue weighted by molar-refractivity contribution is 5.44. The van der Waals surface area contributed by atoms with Gasteiger partial charge in [-0.2, -0.15) is 0 Å². The van der Waals surface area contributed by atoms with Crippen molar-refractivity contribution in [2.45, 2.75) is 18.9 Å². The van der Waals surface area contributed by atoms with Gasteiger partial charge in [0.2, 0.25) is 6.79 Å². The third kappa shape index (κ3) is 2.06. The van der Waals surface area contributed by atoms with Crippen molar-refractivity contribution < 1.29 is 9.47 Å². The monoisotopic (exact) mass is 248 g/mol. The number of nitrogens with zero attached hydrogens (tertiary/aromatic N) is 1. The first-order valence-corrected chi connectivity index (χ1v) is 6.48. The maximum absolute atomic E-state index is 5.44. The molecule has 1 saturated heterocycles. The Hall–Kier alpha value is -1.26. The summed E-state index contributed by atoms with van der Waals surface area (Å²) >= 11 is 0. The fourth-order valence-corrected chi connectivity index (χ4v) is 2.70. The minimum atomic E-state index is 0.173. The van der Waals surface area contributed by atoms with Crippen molar-refractivity contribution in [2.24, 2.45) is 0 Å². The second-order valence-electron chi connectivity index (χ2n) is 5.46. The van der Waals surface area contributed by atoms with E-state index in [0.717, 1.165) is 37.6 Å². The van der Waals surface area contributed by atoms with Crippen LogP contribution in [-0.2, 0) is 6.42 Å². The highest BCUT2D eigenvalue weighted by Gasteiger charge is 2.32. The molecule has 0 radical (unpaired) electrons. The maximum atomic E-state index is 5.44. The van der Waals surface area contributed by atoms with Gasteiger partial charge in [-0.05, 0) is 38.1 Å². The Balaban J connectivity index is 1.79. The van der Waals surface area contributed by atoms with Crippen LogP contribution in [0.15, 0.2) is 18.2 Å². The van der Waals surface area contributed by atoms with Gasteiger partial charge in [0, 0.05) is 25.2 Å². The zero-order valence-corrected chi connectivity index (χ0v) is 11.0. The van der Waals surface area contributed by atoms with E-state index in [4.69, 9.17) is 9.47 Å². The Morgan fingerprint density at radius 1 is 1.33 bits per heavy atom. The molecule has 4 nitrogen and oxygen atoms in total. The number of likely N-dealkylation sites (N-methyl/N-ethyl adjacent to an activating group) is 1. The second kappa shape index (κ2) is 4.44. The van der Waals surface area contributed by atoms with Crippen molar-refractivity contribution in [2.75, 3.05) is 33.5 Å². The van der Waals surface area contributed by atoms with E-state index in [-0.39, 0.29) is 5.54 Å². The molecule has 2 heterocycles. The van der Waals surface area contributed by atoms with E-state index in [1.807, 2.05) is 6.07 Å². The van der Waals surface area contributed by atoms with Gasteiger partial charge in [0.05, 0.1) is 0 Å². The van der Waals surface area contributed by atoms with Gasteiger partial charge >= 0.3 is 0 Å². The summed E-state index contributed by atoms with van der Waals surface area (Å²) in [7, 11) is 2.20. The van der Waals surface area contributed by atoms with Gasteiger partial charge in [-0.1, -0.05) is 6.07 Å². The molecule has 0 amide bonds. The standard InChI is InChI=1S/C14H20N2O2/c1-14(9-15-5-6-16(14)2)8-11-3-4-12-13(7-11)18-10-17-12/h3-4,7,15H,5-6,8-10H2,1-2H3. The molecule has 18 heavy (non-hydrogen) atoms. The number of hydrogen-bond acceptors (Lipinski definition) is 4. The summed E-state index contributed by atoms with van der Waals surface area (Å²) in [4.78, 5) is 2.44. The predicted octanol–water partition coefficient (Wildman–Crippen LogP) is 1.25. The Kier molecular flexibility index (Phi) is 2.92. The summed E-state index contributed by atoms with van der Waals surface area (Å²) in [5, 5.41) is 3.48. The molecule has 1 N–H and O–H groups in total. The lowest BCUT2D eigenvalue weighted by atomic mass is 9.89. The number of benzene rings is 1. The summed E-state index contributed by atoms with van der Waals surface area (Å²) in [6, 6.07) is 6.26. The number of hydrogen-bond donors (Lipinski definition) is 1. The zero-order valence-electron chi connectivity index (χ0n) is 11.0. The molecular formula is C14H20N2O2. The first-order valence-electron chi connectivity index (χ1n) is 6.48. The molecule has 1 aromatic rings.